The van der Waals surface area contributed by atoms with Crippen molar-refractivity contribution >= 4 is 50.2 Å². The molecule has 0 radical (unpaired) electrons. The van der Waals surface area contributed by atoms with Gasteiger partial charge in [-0.05, 0) is 47.9 Å². The molecule has 4 rings (SSSR count). The highest BCUT2D eigenvalue weighted by Crippen LogP contribution is 2.36. The van der Waals surface area contributed by atoms with Gasteiger partial charge in [0.15, 0.2) is 5.82 Å². The zero-order valence-corrected chi connectivity index (χ0v) is 16.1. The van der Waals surface area contributed by atoms with Gasteiger partial charge in [0.05, 0.1) is 16.4 Å². The number of hydrogen-bond acceptors (Lipinski definition) is 5. The Balaban J connectivity index is 1.73. The van der Waals surface area contributed by atoms with Crippen LogP contribution in [0.2, 0.25) is 0 Å². The number of rotatable bonds is 3. The third-order valence-electron chi connectivity index (χ3n) is 4.83. The second kappa shape index (κ2) is 6.94. The molecule has 0 spiro atoms. The van der Waals surface area contributed by atoms with Crippen molar-refractivity contribution in [3.63, 3.8) is 0 Å². The minimum Gasteiger partial charge on any atom is -0.545 e. The number of carboxylic acids is 1. The van der Waals surface area contributed by atoms with E-state index in [0.29, 0.717) is 27.5 Å². The summed E-state index contributed by atoms with van der Waals surface area (Å²) in [5.74, 6) is -0.301. The number of fused-ring (bicyclic) bond motifs is 3. The Bertz CT molecular complexity index is 1130. The van der Waals surface area contributed by atoms with Gasteiger partial charge in [0.1, 0.15) is 4.83 Å². The summed E-state index contributed by atoms with van der Waals surface area (Å²) in [5, 5.41) is 11.8. The van der Waals surface area contributed by atoms with Crippen molar-refractivity contribution in [2.45, 2.75) is 26.2 Å². The highest BCUT2D eigenvalue weighted by molar-refractivity contribution is 7.18. The van der Waals surface area contributed by atoms with Crippen LogP contribution in [0.5, 0.6) is 0 Å². The Kier molecular flexibility index (Phi) is 4.61. The van der Waals surface area contributed by atoms with E-state index in [-0.39, 0.29) is 16.2 Å². The number of aromatic carboxylic acids is 1. The molecule has 0 saturated heterocycles. The van der Waals surface area contributed by atoms with Crippen LogP contribution in [-0.2, 0) is 12.8 Å². The van der Waals surface area contributed by atoms with Gasteiger partial charge < -0.3 is 14.9 Å². The lowest BCUT2D eigenvalue weighted by molar-refractivity contribution is -0.255. The number of benzene rings is 1. The zero-order chi connectivity index (χ0) is 19.1. The Hall–Kier alpha value is -2.44. The number of aromatic nitrogens is 2. The molecule has 5 nitrogen and oxygen atoms in total. The zero-order valence-electron chi connectivity index (χ0n) is 14.5. The summed E-state index contributed by atoms with van der Waals surface area (Å²) in [6.07, 6.45) is 4.62. The van der Waals surface area contributed by atoms with E-state index < -0.39 is 5.97 Å². The van der Waals surface area contributed by atoms with Crippen LogP contribution in [0.15, 0.2) is 29.1 Å². The molecule has 0 amide bonds. The molecule has 1 aliphatic rings. The topological polar surface area (TPSA) is 85.9 Å². The van der Waals surface area contributed by atoms with E-state index in [2.05, 4.69) is 16.9 Å². The lowest BCUT2D eigenvalue weighted by Gasteiger charge is -2.17. The average Bonchev–Trinajstić information content (AvgIpc) is 2.99. The molecule has 0 fully saturated rings. The molecule has 0 unspecified atom stereocenters. The van der Waals surface area contributed by atoms with Gasteiger partial charge in [-0.15, -0.1) is 11.3 Å². The SMILES string of the molecule is C[C@@H]1CCc2c(sc3nc(/C(Cl)=C/c4ccc(C(=O)[O-])cc4)[nH]c(=O)c23)C1. The molecular weight excluding hydrogens is 384 g/mol. The first kappa shape index (κ1) is 17.9. The fraction of sp³-hybridized carbons (Fsp3) is 0.250. The molecule has 1 aliphatic carbocycles. The van der Waals surface area contributed by atoms with Crippen molar-refractivity contribution in [1.82, 2.24) is 9.97 Å². The predicted molar refractivity (Wildman–Crippen MR) is 106 cm³/mol. The van der Waals surface area contributed by atoms with Gasteiger partial charge in [0, 0.05) is 4.88 Å². The van der Waals surface area contributed by atoms with Crippen LogP contribution >= 0.6 is 22.9 Å². The summed E-state index contributed by atoms with van der Waals surface area (Å²) in [5.41, 5.74) is 1.76. The van der Waals surface area contributed by atoms with Crippen LogP contribution in [0.25, 0.3) is 21.3 Å². The molecule has 1 aromatic carbocycles. The van der Waals surface area contributed by atoms with Crippen molar-refractivity contribution in [3.05, 3.63) is 62.0 Å². The van der Waals surface area contributed by atoms with Gasteiger partial charge >= 0.3 is 0 Å². The first-order valence-corrected chi connectivity index (χ1v) is 9.85. The number of aryl methyl sites for hydroxylation is 1. The molecule has 3 aromatic rings. The Morgan fingerprint density at radius 3 is 2.81 bits per heavy atom. The van der Waals surface area contributed by atoms with Gasteiger partial charge in [0.2, 0.25) is 0 Å². The van der Waals surface area contributed by atoms with Crippen molar-refractivity contribution in [1.29, 1.82) is 0 Å². The molecule has 2 aromatic heterocycles. The third kappa shape index (κ3) is 3.42. The number of carbonyl (C=O) groups is 1. The quantitative estimate of drug-likeness (QED) is 0.732. The largest absolute Gasteiger partial charge is 0.545 e. The van der Waals surface area contributed by atoms with Crippen molar-refractivity contribution in [2.24, 2.45) is 5.92 Å². The molecular formula is C20H16ClN2O3S-. The molecule has 0 saturated carbocycles. The van der Waals surface area contributed by atoms with Gasteiger partial charge in [-0.1, -0.05) is 42.8 Å². The monoisotopic (exact) mass is 399 g/mol. The van der Waals surface area contributed by atoms with E-state index in [0.717, 1.165) is 24.8 Å². The molecule has 0 aliphatic heterocycles. The van der Waals surface area contributed by atoms with Gasteiger partial charge in [-0.2, -0.15) is 0 Å². The lowest BCUT2D eigenvalue weighted by Crippen LogP contribution is -2.21. The summed E-state index contributed by atoms with van der Waals surface area (Å²) >= 11 is 7.94. The standard InChI is InChI=1S/C20H17ClN2O3S/c1-10-2-7-13-15(8-10)27-19-16(13)18(24)22-17(23-19)14(21)9-11-3-5-12(6-4-11)20(25)26/h3-6,9-10H,2,7-8H2,1H3,(H,25,26)(H,22,23,24)/p-1/b14-9-/t10-/m1/s1. The normalized spacial score (nSPS) is 17.1. The molecule has 138 valence electrons. The summed E-state index contributed by atoms with van der Waals surface area (Å²) < 4.78 is 0. The number of thiophene rings is 1. The molecule has 0 bridgehead atoms. The lowest BCUT2D eigenvalue weighted by atomic mass is 9.89. The molecule has 7 heteroatoms. The summed E-state index contributed by atoms with van der Waals surface area (Å²) in [6, 6.07) is 6.13. The minimum atomic E-state index is -1.23. The number of carbonyl (C=O) groups excluding carboxylic acids is 1. The van der Waals surface area contributed by atoms with Gasteiger partial charge in [-0.25, -0.2) is 4.98 Å². The molecule has 1 atom stereocenters. The molecule has 27 heavy (non-hydrogen) atoms. The third-order valence-corrected chi connectivity index (χ3v) is 6.27. The number of nitrogens with one attached hydrogen (secondary N) is 1. The van der Waals surface area contributed by atoms with E-state index in [1.165, 1.54) is 17.0 Å². The van der Waals surface area contributed by atoms with Gasteiger partial charge in [-0.3, -0.25) is 4.79 Å². The van der Waals surface area contributed by atoms with E-state index in [1.807, 2.05) is 0 Å². The van der Waals surface area contributed by atoms with Crippen LogP contribution in [0.3, 0.4) is 0 Å². The first-order valence-electron chi connectivity index (χ1n) is 8.66. The van der Waals surface area contributed by atoms with E-state index in [9.17, 15) is 14.7 Å². The smallest absolute Gasteiger partial charge is 0.260 e. The van der Waals surface area contributed by atoms with Crippen LogP contribution < -0.4 is 10.7 Å². The molecule has 2 heterocycles. The van der Waals surface area contributed by atoms with Crippen LogP contribution in [0.1, 0.15) is 45.5 Å². The number of carboxylic acid groups (broad SMARTS) is 1. The second-order valence-electron chi connectivity index (χ2n) is 6.85. The van der Waals surface area contributed by atoms with E-state index in [1.54, 1.807) is 29.5 Å². The van der Waals surface area contributed by atoms with E-state index >= 15 is 0 Å². The number of aromatic amines is 1. The number of nitrogens with zero attached hydrogens (tertiary/aromatic N) is 1. The highest BCUT2D eigenvalue weighted by Gasteiger charge is 2.23. The first-order chi connectivity index (χ1) is 12.9. The second-order valence-corrected chi connectivity index (χ2v) is 8.34. The van der Waals surface area contributed by atoms with Crippen LogP contribution in [-0.4, -0.2) is 15.9 Å². The molecule has 1 N–H and O–H groups in total. The Morgan fingerprint density at radius 1 is 1.37 bits per heavy atom. The summed E-state index contributed by atoms with van der Waals surface area (Å²) in [6.45, 7) is 2.22. The predicted octanol–water partition coefficient (Wildman–Crippen LogP) is 3.21. The van der Waals surface area contributed by atoms with E-state index in [4.69, 9.17) is 11.6 Å². The Labute approximate surface area is 164 Å². The van der Waals surface area contributed by atoms with Gasteiger partial charge in [0.25, 0.3) is 5.56 Å². The fourth-order valence-electron chi connectivity index (χ4n) is 3.39. The maximum atomic E-state index is 12.6. The summed E-state index contributed by atoms with van der Waals surface area (Å²) in [7, 11) is 0. The van der Waals surface area contributed by atoms with Crippen LogP contribution in [0.4, 0.5) is 0 Å². The van der Waals surface area contributed by atoms with Crippen molar-refractivity contribution in [2.75, 3.05) is 0 Å². The summed E-state index contributed by atoms with van der Waals surface area (Å²) in [4.78, 5) is 32.8. The Morgan fingerprint density at radius 2 is 2.11 bits per heavy atom. The number of halogens is 1. The highest BCUT2D eigenvalue weighted by atomic mass is 35.5. The van der Waals surface area contributed by atoms with Crippen molar-refractivity contribution < 1.29 is 9.90 Å². The average molecular weight is 400 g/mol. The minimum absolute atomic E-state index is 0.0922. The number of H-pyrrole nitrogens is 1. The van der Waals surface area contributed by atoms with Crippen molar-refractivity contribution in [3.8, 4) is 0 Å². The number of hydrogen-bond donors (Lipinski definition) is 1. The maximum absolute atomic E-state index is 12.6. The fourth-order valence-corrected chi connectivity index (χ4v) is 4.99. The maximum Gasteiger partial charge on any atom is 0.260 e. The van der Waals surface area contributed by atoms with Crippen LogP contribution in [0, 0.1) is 5.92 Å².